The van der Waals surface area contributed by atoms with Crippen LogP contribution in [-0.4, -0.2) is 66.4 Å². The molecule has 2 N–H and O–H groups in total. The molecule has 4 rings (SSSR count). The van der Waals surface area contributed by atoms with Gasteiger partial charge in [-0.3, -0.25) is 9.59 Å². The van der Waals surface area contributed by atoms with Crippen LogP contribution in [0.25, 0.3) is 11.1 Å². The Hall–Kier alpha value is -3.83. The fourth-order valence-corrected chi connectivity index (χ4v) is 4.57. The first-order valence-electron chi connectivity index (χ1n) is 11.2. The molecule has 0 saturated carbocycles. The monoisotopic (exact) mass is 462 g/mol. The highest BCUT2D eigenvalue weighted by Crippen LogP contribution is 2.44. The Labute approximate surface area is 197 Å². The van der Waals surface area contributed by atoms with E-state index in [-0.39, 0.29) is 31.7 Å². The molecule has 8 nitrogen and oxygen atoms in total. The number of benzene rings is 2. The Balaban J connectivity index is 1.27. The number of nitrogens with one attached hydrogen (secondary N) is 1. The van der Waals surface area contributed by atoms with Gasteiger partial charge in [-0.1, -0.05) is 54.5 Å². The Morgan fingerprint density at radius 3 is 2.35 bits per heavy atom. The third-order valence-electron chi connectivity index (χ3n) is 6.12. The molecule has 1 aliphatic carbocycles. The van der Waals surface area contributed by atoms with Crippen LogP contribution in [0.1, 0.15) is 29.9 Å². The lowest BCUT2D eigenvalue weighted by atomic mass is 9.98. The van der Waals surface area contributed by atoms with Gasteiger partial charge >= 0.3 is 12.1 Å². The van der Waals surface area contributed by atoms with Crippen molar-refractivity contribution in [3.05, 3.63) is 59.7 Å². The third kappa shape index (κ3) is 5.05. The molecular formula is C26H26N2O6. The van der Waals surface area contributed by atoms with Crippen molar-refractivity contribution in [2.75, 3.05) is 26.2 Å². The minimum absolute atomic E-state index is 0.0285. The average Bonchev–Trinajstić information content (AvgIpc) is 3.43. The number of carboxylic acids is 1. The first-order chi connectivity index (χ1) is 16.5. The molecule has 2 atom stereocenters. The van der Waals surface area contributed by atoms with Crippen molar-refractivity contribution < 1.29 is 29.0 Å². The van der Waals surface area contributed by atoms with E-state index in [0.717, 1.165) is 27.2 Å². The number of carboxylic acid groups (broad SMARTS) is 1. The van der Waals surface area contributed by atoms with Gasteiger partial charge in [0, 0.05) is 12.5 Å². The second kappa shape index (κ2) is 10.4. The molecule has 2 aromatic carbocycles. The van der Waals surface area contributed by atoms with Crippen molar-refractivity contribution in [3.63, 3.8) is 0 Å². The Morgan fingerprint density at radius 2 is 1.74 bits per heavy atom. The molecule has 2 aromatic rings. The maximum atomic E-state index is 12.5. The average molecular weight is 463 g/mol. The molecule has 176 valence electrons. The van der Waals surface area contributed by atoms with Crippen molar-refractivity contribution in [1.82, 2.24) is 10.2 Å². The summed E-state index contributed by atoms with van der Waals surface area (Å²) in [6, 6.07) is 16.2. The lowest BCUT2D eigenvalue weighted by molar-refractivity contribution is -0.149. The van der Waals surface area contributed by atoms with E-state index in [0.29, 0.717) is 12.8 Å². The number of hydrogen-bond donors (Lipinski definition) is 2. The summed E-state index contributed by atoms with van der Waals surface area (Å²) in [6.45, 7) is -0.184. The van der Waals surface area contributed by atoms with E-state index >= 15 is 0 Å². The normalized spacial score (nSPS) is 18.4. The van der Waals surface area contributed by atoms with Crippen LogP contribution in [-0.2, 0) is 19.1 Å². The fourth-order valence-electron chi connectivity index (χ4n) is 4.57. The van der Waals surface area contributed by atoms with Crippen molar-refractivity contribution >= 4 is 18.0 Å². The Kier molecular flexibility index (Phi) is 7.14. The molecule has 2 amide bonds. The standard InChI is InChI=1S/C26H26N2O6/c1-2-13-28(15-24(29)30)25(31)23-12-11-17(34-23)14-27-26(32)33-16-22-20-9-5-3-7-18(20)19-8-4-6-10-21(19)22/h1,3-10,17,22-23H,11-16H2,(H,27,32)(H,29,30). The highest BCUT2D eigenvalue weighted by Gasteiger charge is 2.34. The first-order valence-corrected chi connectivity index (χ1v) is 11.2. The molecule has 2 aliphatic rings. The van der Waals surface area contributed by atoms with Crippen LogP contribution in [0.3, 0.4) is 0 Å². The van der Waals surface area contributed by atoms with Crippen LogP contribution in [0.2, 0.25) is 0 Å². The maximum absolute atomic E-state index is 12.5. The minimum Gasteiger partial charge on any atom is -0.480 e. The van der Waals surface area contributed by atoms with Gasteiger partial charge in [0.25, 0.3) is 5.91 Å². The van der Waals surface area contributed by atoms with E-state index in [4.69, 9.17) is 21.0 Å². The predicted octanol–water partition coefficient (Wildman–Crippen LogP) is 2.62. The molecule has 34 heavy (non-hydrogen) atoms. The summed E-state index contributed by atoms with van der Waals surface area (Å²) in [7, 11) is 0. The molecule has 0 radical (unpaired) electrons. The molecular weight excluding hydrogens is 436 g/mol. The largest absolute Gasteiger partial charge is 0.480 e. The Bertz CT molecular complexity index is 1080. The molecule has 1 heterocycles. The molecule has 0 bridgehead atoms. The number of ether oxygens (including phenoxy) is 2. The minimum atomic E-state index is -1.14. The molecule has 0 spiro atoms. The van der Waals surface area contributed by atoms with Crippen LogP contribution in [0.5, 0.6) is 0 Å². The summed E-state index contributed by atoms with van der Waals surface area (Å²) in [5, 5.41) is 11.7. The Morgan fingerprint density at radius 1 is 1.09 bits per heavy atom. The van der Waals surface area contributed by atoms with E-state index in [1.54, 1.807) is 0 Å². The van der Waals surface area contributed by atoms with Crippen LogP contribution in [0.15, 0.2) is 48.5 Å². The zero-order valence-electron chi connectivity index (χ0n) is 18.6. The second-order valence-electron chi connectivity index (χ2n) is 8.32. The van der Waals surface area contributed by atoms with Crippen LogP contribution in [0, 0.1) is 12.3 Å². The number of terminal acetylenes is 1. The predicted molar refractivity (Wildman–Crippen MR) is 124 cm³/mol. The number of amides is 2. The lowest BCUT2D eigenvalue weighted by Crippen LogP contribution is -2.43. The van der Waals surface area contributed by atoms with Crippen LogP contribution >= 0.6 is 0 Å². The summed E-state index contributed by atoms with van der Waals surface area (Å²) < 4.78 is 11.2. The lowest BCUT2D eigenvalue weighted by Gasteiger charge is -2.22. The molecule has 8 heteroatoms. The quantitative estimate of drug-likeness (QED) is 0.585. The smallest absolute Gasteiger partial charge is 0.407 e. The van der Waals surface area contributed by atoms with Gasteiger partial charge in [0.15, 0.2) is 0 Å². The second-order valence-corrected chi connectivity index (χ2v) is 8.32. The van der Waals surface area contributed by atoms with Gasteiger partial charge in [-0.2, -0.15) is 0 Å². The highest BCUT2D eigenvalue weighted by molar-refractivity contribution is 5.85. The third-order valence-corrected chi connectivity index (χ3v) is 6.12. The number of fused-ring (bicyclic) bond motifs is 3. The fraction of sp³-hybridized carbons (Fsp3) is 0.346. The van der Waals surface area contributed by atoms with Gasteiger partial charge in [0.1, 0.15) is 19.3 Å². The zero-order chi connectivity index (χ0) is 24.1. The molecule has 0 aromatic heterocycles. The number of nitrogens with zero attached hydrogens (tertiary/aromatic N) is 1. The van der Waals surface area contributed by atoms with Crippen molar-refractivity contribution in [1.29, 1.82) is 0 Å². The number of alkyl carbamates (subject to hydrolysis) is 1. The molecule has 2 unspecified atom stereocenters. The molecule has 1 aliphatic heterocycles. The van der Waals surface area contributed by atoms with Crippen molar-refractivity contribution in [2.45, 2.75) is 31.0 Å². The van der Waals surface area contributed by atoms with E-state index in [2.05, 4.69) is 35.5 Å². The van der Waals surface area contributed by atoms with Crippen molar-refractivity contribution in [3.8, 4) is 23.5 Å². The number of carbonyl (C=O) groups excluding carboxylic acids is 2. The van der Waals surface area contributed by atoms with E-state index in [9.17, 15) is 14.4 Å². The number of hydrogen-bond acceptors (Lipinski definition) is 5. The summed E-state index contributed by atoms with van der Waals surface area (Å²) in [5.41, 5.74) is 4.58. The van der Waals surface area contributed by atoms with Gasteiger partial charge < -0.3 is 24.8 Å². The van der Waals surface area contributed by atoms with E-state index in [1.807, 2.05) is 24.3 Å². The van der Waals surface area contributed by atoms with Gasteiger partial charge in [0.2, 0.25) is 0 Å². The summed E-state index contributed by atoms with van der Waals surface area (Å²) >= 11 is 0. The number of aliphatic carboxylic acids is 1. The van der Waals surface area contributed by atoms with E-state index in [1.165, 1.54) is 0 Å². The SMILES string of the molecule is C#CCN(CC(=O)O)C(=O)C1CCC(CNC(=O)OCC2c3ccccc3-c3ccccc32)O1. The topological polar surface area (TPSA) is 105 Å². The maximum Gasteiger partial charge on any atom is 0.407 e. The molecule has 1 fully saturated rings. The van der Waals surface area contributed by atoms with Gasteiger partial charge in [0.05, 0.1) is 12.6 Å². The van der Waals surface area contributed by atoms with Crippen molar-refractivity contribution in [2.24, 2.45) is 0 Å². The molecule has 1 saturated heterocycles. The summed E-state index contributed by atoms with van der Waals surface area (Å²) in [4.78, 5) is 36.9. The highest BCUT2D eigenvalue weighted by atomic mass is 16.5. The van der Waals surface area contributed by atoms with Gasteiger partial charge in [-0.05, 0) is 35.1 Å². The summed E-state index contributed by atoms with van der Waals surface area (Å²) in [5.74, 6) is 0.665. The zero-order valence-corrected chi connectivity index (χ0v) is 18.6. The van der Waals surface area contributed by atoms with Gasteiger partial charge in [-0.25, -0.2) is 4.79 Å². The number of rotatable bonds is 8. The van der Waals surface area contributed by atoms with Crippen LogP contribution in [0.4, 0.5) is 4.79 Å². The summed E-state index contributed by atoms with van der Waals surface area (Å²) in [6.07, 6.45) is 4.52. The van der Waals surface area contributed by atoms with Gasteiger partial charge in [-0.15, -0.1) is 6.42 Å². The van der Waals surface area contributed by atoms with E-state index < -0.39 is 30.6 Å². The number of carbonyl (C=O) groups is 3. The van der Waals surface area contributed by atoms with Crippen LogP contribution < -0.4 is 5.32 Å². The first kappa shape index (κ1) is 23.3.